The van der Waals surface area contributed by atoms with Crippen molar-refractivity contribution in [3.05, 3.63) is 29.3 Å². The van der Waals surface area contributed by atoms with Gasteiger partial charge in [0.2, 0.25) is 0 Å². The first-order valence-corrected chi connectivity index (χ1v) is 5.34. The summed E-state index contributed by atoms with van der Waals surface area (Å²) in [6, 6.07) is 0. The van der Waals surface area contributed by atoms with Crippen molar-refractivity contribution in [2.24, 2.45) is 5.73 Å². The molecule has 4 nitrogen and oxygen atoms in total. The molecule has 0 aliphatic heterocycles. The molecule has 0 bridgehead atoms. The number of nitrogens with zero attached hydrogens (tertiary/aromatic N) is 2. The van der Waals surface area contributed by atoms with Gasteiger partial charge in [0.25, 0.3) is 0 Å². The highest BCUT2D eigenvalue weighted by Crippen LogP contribution is 2.27. The van der Waals surface area contributed by atoms with Gasteiger partial charge in [0.1, 0.15) is 10.8 Å². The van der Waals surface area contributed by atoms with Crippen LogP contribution in [-0.2, 0) is 6.61 Å². The maximum Gasteiger partial charge on any atom is 0.162 e. The molecule has 0 aliphatic rings. The predicted molar refractivity (Wildman–Crippen MR) is 65.3 cm³/mol. The summed E-state index contributed by atoms with van der Waals surface area (Å²) in [4.78, 5) is 4.12. The fourth-order valence-corrected chi connectivity index (χ4v) is 1.82. The summed E-state index contributed by atoms with van der Waals surface area (Å²) in [5.74, 6) is 0.466. The molecule has 15 heavy (non-hydrogen) atoms. The van der Waals surface area contributed by atoms with Gasteiger partial charge in [0.05, 0.1) is 16.9 Å². The quantitative estimate of drug-likeness (QED) is 0.897. The number of nitrogens with two attached hydrogens (primary N) is 1. The molecule has 3 N–H and O–H groups in total. The second-order valence-corrected chi connectivity index (χ2v) is 4.06. The summed E-state index contributed by atoms with van der Waals surface area (Å²) in [5, 5.41) is 9.33. The molecule has 1 heterocycles. The Hall–Kier alpha value is -0.780. The van der Waals surface area contributed by atoms with Gasteiger partial charge in [-0.25, -0.2) is 4.98 Å². The third-order valence-electron chi connectivity index (χ3n) is 1.85. The maximum absolute atomic E-state index is 9.03. The molecule has 82 valence electrons. The molecule has 1 rings (SSSR count). The number of aliphatic hydroxyl groups is 1. The van der Waals surface area contributed by atoms with Gasteiger partial charge in [-0.15, -0.1) is 0 Å². The van der Waals surface area contributed by atoms with Crippen molar-refractivity contribution in [2.75, 3.05) is 0 Å². The van der Waals surface area contributed by atoms with Crippen LogP contribution in [0.1, 0.15) is 18.4 Å². The van der Waals surface area contributed by atoms with Crippen molar-refractivity contribution in [1.29, 1.82) is 0 Å². The lowest BCUT2D eigenvalue weighted by molar-refractivity contribution is 0.277. The molecule has 0 aromatic carbocycles. The first-order valence-electron chi connectivity index (χ1n) is 4.17. The first kappa shape index (κ1) is 12.3. The predicted octanol–water partition coefficient (Wildman–Crippen LogP) is 2.17. The van der Waals surface area contributed by atoms with Crippen LogP contribution in [0.3, 0.4) is 0 Å². The summed E-state index contributed by atoms with van der Waals surface area (Å²) < 4.78 is 2.04. The van der Waals surface area contributed by atoms with Crippen molar-refractivity contribution in [3.63, 3.8) is 0 Å². The Morgan fingerprint density at radius 1 is 1.80 bits per heavy atom. The Morgan fingerprint density at radius 2 is 2.40 bits per heavy atom. The zero-order chi connectivity index (χ0) is 11.6. The third-order valence-corrected chi connectivity index (χ3v) is 2.59. The maximum atomic E-state index is 9.03. The number of aliphatic hydroxyl groups excluding tert-OH is 1. The molecule has 0 saturated carbocycles. The Morgan fingerprint density at radius 3 is 2.80 bits per heavy atom. The minimum absolute atomic E-state index is 0.240. The summed E-state index contributed by atoms with van der Waals surface area (Å²) in [6.07, 6.45) is 1.70. The average Bonchev–Trinajstić information content (AvgIpc) is 2.54. The van der Waals surface area contributed by atoms with Crippen LogP contribution in [0, 0.1) is 0 Å². The fourth-order valence-electron chi connectivity index (χ4n) is 1.09. The highest BCUT2D eigenvalue weighted by Gasteiger charge is 2.17. The normalized spacial score (nSPS) is 11.9. The van der Waals surface area contributed by atoms with Crippen molar-refractivity contribution in [2.45, 2.75) is 13.5 Å². The summed E-state index contributed by atoms with van der Waals surface area (Å²) in [7, 11) is 0. The van der Waals surface area contributed by atoms with E-state index in [0.29, 0.717) is 27.0 Å². The molecule has 0 atom stereocenters. The monoisotopic (exact) mass is 291 g/mol. The minimum Gasteiger partial charge on any atom is -0.396 e. The second kappa shape index (κ2) is 4.83. The van der Waals surface area contributed by atoms with E-state index < -0.39 is 0 Å². The molecule has 0 fully saturated rings. The van der Waals surface area contributed by atoms with Crippen molar-refractivity contribution < 1.29 is 5.11 Å². The van der Waals surface area contributed by atoms with Crippen LogP contribution < -0.4 is 5.73 Å². The summed E-state index contributed by atoms with van der Waals surface area (Å²) >= 11 is 9.20. The summed E-state index contributed by atoms with van der Waals surface area (Å²) in [5.41, 5.74) is 6.59. The van der Waals surface area contributed by atoms with Gasteiger partial charge in [-0.1, -0.05) is 24.3 Å². The molecule has 0 aliphatic carbocycles. The molecule has 0 amide bonds. The van der Waals surface area contributed by atoms with E-state index in [4.69, 9.17) is 22.4 Å². The lowest BCUT2D eigenvalue weighted by Gasteiger charge is -2.06. The topological polar surface area (TPSA) is 64.1 Å². The molecule has 0 saturated heterocycles. The SMILES string of the molecule is C=C(Br)n1c(/C(N)=C\C)nc(CO)c1Cl. The van der Waals surface area contributed by atoms with Crippen molar-refractivity contribution in [1.82, 2.24) is 9.55 Å². The minimum atomic E-state index is -0.240. The standard InChI is InChI=1S/C9H11BrClN3O/c1-3-6(12)9-13-7(4-15)8(11)14(9)5(2)10/h3,15H,2,4,12H2,1H3/b6-3+. The molecular weight excluding hydrogens is 281 g/mol. The van der Waals surface area contributed by atoms with Crippen molar-refractivity contribution >= 4 is 37.8 Å². The van der Waals surface area contributed by atoms with E-state index in [9.17, 15) is 0 Å². The molecule has 6 heteroatoms. The van der Waals surface area contributed by atoms with Gasteiger partial charge in [0.15, 0.2) is 5.82 Å². The van der Waals surface area contributed by atoms with E-state index in [1.54, 1.807) is 13.0 Å². The van der Waals surface area contributed by atoms with E-state index in [2.05, 4.69) is 27.5 Å². The van der Waals surface area contributed by atoms with Crippen LogP contribution in [0.15, 0.2) is 12.7 Å². The van der Waals surface area contributed by atoms with Crippen LogP contribution in [-0.4, -0.2) is 14.7 Å². The Labute approximate surface area is 101 Å². The first-order chi connectivity index (χ1) is 7.02. The molecule has 0 unspecified atom stereocenters. The Balaban J connectivity index is 3.44. The Bertz CT molecular complexity index is 425. The number of allylic oxidation sites excluding steroid dienone is 1. The average molecular weight is 293 g/mol. The van der Waals surface area contributed by atoms with Gasteiger partial charge >= 0.3 is 0 Å². The van der Waals surface area contributed by atoms with Crippen LogP contribution in [0.25, 0.3) is 10.3 Å². The lowest BCUT2D eigenvalue weighted by atomic mass is 10.4. The van der Waals surface area contributed by atoms with Gasteiger partial charge in [-0.2, -0.15) is 0 Å². The number of hydrogen-bond donors (Lipinski definition) is 2. The number of aromatic nitrogens is 2. The van der Waals surface area contributed by atoms with E-state index in [0.717, 1.165) is 0 Å². The van der Waals surface area contributed by atoms with Crippen LogP contribution in [0.5, 0.6) is 0 Å². The smallest absolute Gasteiger partial charge is 0.162 e. The molecule has 1 aromatic heterocycles. The number of halogens is 2. The van der Waals surface area contributed by atoms with Gasteiger partial charge in [-0.05, 0) is 22.9 Å². The van der Waals surface area contributed by atoms with Crippen molar-refractivity contribution in [3.8, 4) is 0 Å². The van der Waals surface area contributed by atoms with E-state index >= 15 is 0 Å². The second-order valence-electron chi connectivity index (χ2n) is 2.79. The highest BCUT2D eigenvalue weighted by molar-refractivity contribution is 9.14. The fraction of sp³-hybridized carbons (Fsp3) is 0.222. The highest BCUT2D eigenvalue weighted by atomic mass is 79.9. The van der Waals surface area contributed by atoms with E-state index in [1.807, 2.05) is 0 Å². The third kappa shape index (κ3) is 2.25. The molecule has 0 spiro atoms. The van der Waals surface area contributed by atoms with E-state index in [1.165, 1.54) is 4.57 Å². The molecule has 1 aromatic rings. The van der Waals surface area contributed by atoms with Gasteiger partial charge in [0, 0.05) is 0 Å². The molecule has 0 radical (unpaired) electrons. The van der Waals surface area contributed by atoms with Crippen LogP contribution in [0.2, 0.25) is 5.15 Å². The van der Waals surface area contributed by atoms with Gasteiger partial charge < -0.3 is 10.8 Å². The lowest BCUT2D eigenvalue weighted by Crippen LogP contribution is -2.04. The van der Waals surface area contributed by atoms with Crippen LogP contribution in [0.4, 0.5) is 0 Å². The summed E-state index contributed by atoms with van der Waals surface area (Å²) in [6.45, 7) is 5.25. The zero-order valence-corrected chi connectivity index (χ0v) is 10.5. The number of rotatable bonds is 3. The van der Waals surface area contributed by atoms with Gasteiger partial charge in [-0.3, -0.25) is 4.57 Å². The number of imidazole rings is 1. The van der Waals surface area contributed by atoms with E-state index in [-0.39, 0.29) is 6.61 Å². The van der Waals surface area contributed by atoms with Crippen LogP contribution >= 0.6 is 27.5 Å². The molecular formula is C9H11BrClN3O. The number of hydrogen-bond acceptors (Lipinski definition) is 3. The largest absolute Gasteiger partial charge is 0.396 e. The Kier molecular flexibility index (Phi) is 3.96. The zero-order valence-electron chi connectivity index (χ0n) is 8.17.